The van der Waals surface area contributed by atoms with E-state index in [9.17, 15) is 5.11 Å². The number of rotatable bonds is 3. The number of halogens is 1. The summed E-state index contributed by atoms with van der Waals surface area (Å²) in [4.78, 5) is 2.39. The normalized spacial score (nSPS) is 29.3. The van der Waals surface area contributed by atoms with Crippen LogP contribution in [0, 0.1) is 5.92 Å². The summed E-state index contributed by atoms with van der Waals surface area (Å²) in [5.41, 5.74) is 1.91. The molecule has 1 aliphatic carbocycles. The second kappa shape index (κ2) is 6.15. The second-order valence-corrected chi connectivity index (χ2v) is 6.96. The maximum atomic E-state index is 10.8. The first-order valence-corrected chi connectivity index (χ1v) is 8.40. The van der Waals surface area contributed by atoms with Crippen molar-refractivity contribution in [2.24, 2.45) is 5.92 Å². The average Bonchev–Trinajstić information content (AvgIpc) is 2.48. The van der Waals surface area contributed by atoms with Crippen LogP contribution in [0.25, 0.3) is 0 Å². The summed E-state index contributed by atoms with van der Waals surface area (Å²) in [5, 5.41) is 14.7. The molecular weight excluding hydrogens is 284 g/mol. The predicted molar refractivity (Wildman–Crippen MR) is 88.0 cm³/mol. The number of nitrogens with one attached hydrogen (secondary N) is 1. The standard InChI is InChI=1S/C17H25ClN2O/c1-19-11-13-5-6-15(10-16(13)18)20-9-8-17(21)7-3-2-4-14(17)12-20/h5-6,10,14,19,21H,2-4,7-9,11-12H2,1H3. The van der Waals surface area contributed by atoms with E-state index >= 15 is 0 Å². The van der Waals surface area contributed by atoms with Crippen molar-refractivity contribution in [1.82, 2.24) is 5.32 Å². The van der Waals surface area contributed by atoms with Gasteiger partial charge < -0.3 is 15.3 Å². The van der Waals surface area contributed by atoms with E-state index in [-0.39, 0.29) is 0 Å². The van der Waals surface area contributed by atoms with Gasteiger partial charge in [0, 0.05) is 36.3 Å². The molecule has 21 heavy (non-hydrogen) atoms. The molecular formula is C17H25ClN2O. The average molecular weight is 309 g/mol. The number of hydrogen-bond donors (Lipinski definition) is 2. The minimum absolute atomic E-state index is 0.412. The van der Waals surface area contributed by atoms with Crippen molar-refractivity contribution in [2.75, 3.05) is 25.0 Å². The molecule has 1 aliphatic heterocycles. The van der Waals surface area contributed by atoms with Crippen LogP contribution in [0.4, 0.5) is 5.69 Å². The van der Waals surface area contributed by atoms with Crippen molar-refractivity contribution in [3.05, 3.63) is 28.8 Å². The zero-order valence-electron chi connectivity index (χ0n) is 12.7. The minimum atomic E-state index is -0.412. The number of piperidine rings is 1. The molecule has 0 spiro atoms. The lowest BCUT2D eigenvalue weighted by molar-refractivity contribution is -0.0612. The highest BCUT2D eigenvalue weighted by molar-refractivity contribution is 6.31. The highest BCUT2D eigenvalue weighted by atomic mass is 35.5. The third-order valence-corrected chi connectivity index (χ3v) is 5.55. The van der Waals surface area contributed by atoms with E-state index < -0.39 is 5.60 Å². The molecule has 2 aliphatic rings. The molecule has 2 unspecified atom stereocenters. The van der Waals surface area contributed by atoms with Gasteiger partial charge >= 0.3 is 0 Å². The Bertz CT molecular complexity index is 508. The zero-order chi connectivity index (χ0) is 14.9. The van der Waals surface area contributed by atoms with Gasteiger partial charge in [-0.1, -0.05) is 30.5 Å². The van der Waals surface area contributed by atoms with Gasteiger partial charge in [-0.2, -0.15) is 0 Å². The third-order valence-electron chi connectivity index (χ3n) is 5.20. The second-order valence-electron chi connectivity index (χ2n) is 6.55. The molecule has 3 nitrogen and oxygen atoms in total. The first-order valence-electron chi connectivity index (χ1n) is 8.03. The van der Waals surface area contributed by atoms with Crippen LogP contribution in [0.1, 0.15) is 37.7 Å². The van der Waals surface area contributed by atoms with Gasteiger partial charge in [0.2, 0.25) is 0 Å². The van der Waals surface area contributed by atoms with Gasteiger partial charge in [-0.25, -0.2) is 0 Å². The Hall–Kier alpha value is -0.770. The summed E-state index contributed by atoms with van der Waals surface area (Å²) in [6.07, 6.45) is 5.44. The van der Waals surface area contributed by atoms with Gasteiger partial charge in [0.05, 0.1) is 5.60 Å². The van der Waals surface area contributed by atoms with Crippen LogP contribution in [0.5, 0.6) is 0 Å². The Morgan fingerprint density at radius 3 is 3.00 bits per heavy atom. The lowest BCUT2D eigenvalue weighted by Gasteiger charge is -2.48. The molecule has 1 saturated carbocycles. The first kappa shape index (κ1) is 15.1. The van der Waals surface area contributed by atoms with Crippen LogP contribution >= 0.6 is 11.6 Å². The van der Waals surface area contributed by atoms with Crippen molar-refractivity contribution in [3.63, 3.8) is 0 Å². The molecule has 0 amide bonds. The van der Waals surface area contributed by atoms with Crippen LogP contribution in [0.15, 0.2) is 18.2 Å². The van der Waals surface area contributed by atoms with Crippen LogP contribution in [0.3, 0.4) is 0 Å². The molecule has 0 bridgehead atoms. The summed E-state index contributed by atoms with van der Waals surface area (Å²) in [5.74, 6) is 0.413. The molecule has 1 saturated heterocycles. The van der Waals surface area contributed by atoms with Gasteiger partial charge in [-0.15, -0.1) is 0 Å². The Morgan fingerprint density at radius 2 is 2.24 bits per heavy atom. The van der Waals surface area contributed by atoms with Crippen LogP contribution in [-0.4, -0.2) is 30.8 Å². The zero-order valence-corrected chi connectivity index (χ0v) is 13.5. The van der Waals surface area contributed by atoms with Gasteiger partial charge in [0.15, 0.2) is 0 Å². The fourth-order valence-electron chi connectivity index (χ4n) is 3.87. The molecule has 1 aromatic rings. The molecule has 4 heteroatoms. The van der Waals surface area contributed by atoms with Crippen molar-refractivity contribution < 1.29 is 5.11 Å². The van der Waals surface area contributed by atoms with Crippen molar-refractivity contribution >= 4 is 17.3 Å². The van der Waals surface area contributed by atoms with Crippen molar-refractivity contribution in [2.45, 2.75) is 44.2 Å². The Morgan fingerprint density at radius 1 is 1.38 bits per heavy atom. The molecule has 0 aromatic heterocycles. The van der Waals surface area contributed by atoms with E-state index in [1.807, 2.05) is 7.05 Å². The minimum Gasteiger partial charge on any atom is -0.389 e. The fraction of sp³-hybridized carbons (Fsp3) is 0.647. The molecule has 1 aromatic carbocycles. The van der Waals surface area contributed by atoms with E-state index in [1.54, 1.807) is 0 Å². The summed E-state index contributed by atoms with van der Waals surface area (Å²) >= 11 is 6.38. The predicted octanol–water partition coefficient (Wildman–Crippen LogP) is 3.19. The molecule has 116 valence electrons. The van der Waals surface area contributed by atoms with Crippen LogP contribution in [0.2, 0.25) is 5.02 Å². The highest BCUT2D eigenvalue weighted by Crippen LogP contribution is 2.41. The smallest absolute Gasteiger partial charge is 0.0709 e. The molecule has 0 radical (unpaired) electrons. The van der Waals surface area contributed by atoms with E-state index in [2.05, 4.69) is 28.4 Å². The fourth-order valence-corrected chi connectivity index (χ4v) is 4.11. The quantitative estimate of drug-likeness (QED) is 0.900. The molecule has 2 N–H and O–H groups in total. The maximum absolute atomic E-state index is 10.8. The SMILES string of the molecule is CNCc1ccc(N2CCC3(O)CCCCC3C2)cc1Cl. The van der Waals surface area contributed by atoms with E-state index in [0.29, 0.717) is 5.92 Å². The van der Waals surface area contributed by atoms with Gasteiger partial charge in [0.1, 0.15) is 0 Å². The summed E-state index contributed by atoms with van der Waals surface area (Å²) in [6.45, 7) is 2.67. The summed E-state index contributed by atoms with van der Waals surface area (Å²) < 4.78 is 0. The number of hydrogen-bond acceptors (Lipinski definition) is 3. The summed E-state index contributed by atoms with van der Waals surface area (Å²) in [7, 11) is 1.93. The third kappa shape index (κ3) is 3.05. The van der Waals surface area contributed by atoms with Crippen LogP contribution < -0.4 is 10.2 Å². The molecule has 2 fully saturated rings. The lowest BCUT2D eigenvalue weighted by atomic mass is 9.71. The first-order chi connectivity index (χ1) is 10.1. The number of aliphatic hydroxyl groups is 1. The molecule has 1 heterocycles. The topological polar surface area (TPSA) is 35.5 Å². The highest BCUT2D eigenvalue weighted by Gasteiger charge is 2.42. The Kier molecular flexibility index (Phi) is 4.43. The number of benzene rings is 1. The number of anilines is 1. The Labute approximate surface area is 132 Å². The van der Waals surface area contributed by atoms with Crippen LogP contribution in [-0.2, 0) is 6.54 Å². The van der Waals surface area contributed by atoms with Gasteiger partial charge in [-0.3, -0.25) is 0 Å². The van der Waals surface area contributed by atoms with E-state index in [4.69, 9.17) is 11.6 Å². The number of fused-ring (bicyclic) bond motifs is 1. The van der Waals surface area contributed by atoms with E-state index in [1.165, 1.54) is 18.5 Å². The molecule has 3 rings (SSSR count). The number of nitrogens with zero attached hydrogens (tertiary/aromatic N) is 1. The van der Waals surface area contributed by atoms with E-state index in [0.717, 1.165) is 49.5 Å². The van der Waals surface area contributed by atoms with Crippen molar-refractivity contribution in [3.8, 4) is 0 Å². The monoisotopic (exact) mass is 308 g/mol. The lowest BCUT2D eigenvalue weighted by Crippen LogP contribution is -2.53. The van der Waals surface area contributed by atoms with Gasteiger partial charge in [-0.05, 0) is 44.0 Å². The van der Waals surface area contributed by atoms with Gasteiger partial charge in [0.25, 0.3) is 0 Å². The largest absolute Gasteiger partial charge is 0.389 e. The maximum Gasteiger partial charge on any atom is 0.0709 e. The summed E-state index contributed by atoms with van der Waals surface area (Å²) in [6, 6.07) is 6.34. The van der Waals surface area contributed by atoms with Crippen molar-refractivity contribution in [1.29, 1.82) is 0 Å². The Balaban J connectivity index is 1.74. The molecule has 2 atom stereocenters.